The Morgan fingerprint density at radius 2 is 1.95 bits per heavy atom. The summed E-state index contributed by atoms with van der Waals surface area (Å²) in [6, 6.07) is 7.74. The monoisotopic (exact) mass is 528 g/mol. The minimum atomic E-state index is -0.629. The lowest BCUT2D eigenvalue weighted by Gasteiger charge is -2.36. The Morgan fingerprint density at radius 1 is 1.16 bits per heavy atom. The minimum absolute atomic E-state index is 0.0811. The van der Waals surface area contributed by atoms with E-state index in [4.69, 9.17) is 9.47 Å². The van der Waals surface area contributed by atoms with Gasteiger partial charge in [-0.3, -0.25) is 19.5 Å². The normalized spacial score (nSPS) is 17.2. The summed E-state index contributed by atoms with van der Waals surface area (Å²) >= 11 is 0. The number of ether oxygens (including phenoxy) is 2. The molecule has 202 valence electrons. The third-order valence-electron chi connectivity index (χ3n) is 6.16. The Morgan fingerprint density at radius 3 is 2.63 bits per heavy atom. The van der Waals surface area contributed by atoms with Crippen molar-refractivity contribution >= 4 is 35.4 Å². The van der Waals surface area contributed by atoms with Gasteiger partial charge in [-0.05, 0) is 37.3 Å². The fourth-order valence-corrected chi connectivity index (χ4v) is 4.20. The molecule has 0 aliphatic carbocycles. The van der Waals surface area contributed by atoms with Crippen molar-refractivity contribution < 1.29 is 33.0 Å². The molecule has 13 heteroatoms. The lowest BCUT2D eigenvalue weighted by Crippen LogP contribution is -2.51. The van der Waals surface area contributed by atoms with Gasteiger partial charge >= 0.3 is 12.2 Å². The number of pyridine rings is 1. The third-order valence-corrected chi connectivity index (χ3v) is 6.16. The molecule has 3 heterocycles. The van der Waals surface area contributed by atoms with E-state index in [-0.39, 0.29) is 38.1 Å². The molecule has 12 nitrogen and oxygen atoms in total. The fraction of sp³-hybridized carbons (Fsp3) is 0.400. The number of nitrogens with one attached hydrogen (secondary N) is 2. The predicted molar refractivity (Wildman–Crippen MR) is 134 cm³/mol. The van der Waals surface area contributed by atoms with Crippen LogP contribution in [0.25, 0.3) is 0 Å². The molecule has 38 heavy (non-hydrogen) atoms. The molecule has 1 aromatic heterocycles. The van der Waals surface area contributed by atoms with E-state index in [0.29, 0.717) is 43.1 Å². The number of rotatable bonds is 8. The SMILES string of the molecule is CCOC(=O)NCC1CN(c2ccc(N3CCN(C(=O)CNC(=O)c4cccnc4)CC3)c(F)c2)C(=O)O1. The van der Waals surface area contributed by atoms with Gasteiger partial charge in [0.1, 0.15) is 11.9 Å². The highest BCUT2D eigenvalue weighted by Gasteiger charge is 2.33. The summed E-state index contributed by atoms with van der Waals surface area (Å²) in [4.78, 5) is 57.0. The van der Waals surface area contributed by atoms with Crippen molar-refractivity contribution in [1.82, 2.24) is 20.5 Å². The molecule has 2 fully saturated rings. The molecule has 0 bridgehead atoms. The fourth-order valence-electron chi connectivity index (χ4n) is 4.20. The van der Waals surface area contributed by atoms with Crippen molar-refractivity contribution in [3.05, 3.63) is 54.1 Å². The highest BCUT2D eigenvalue weighted by Crippen LogP contribution is 2.28. The molecular formula is C25H29FN6O6. The van der Waals surface area contributed by atoms with Gasteiger partial charge < -0.3 is 29.9 Å². The van der Waals surface area contributed by atoms with E-state index < -0.39 is 24.1 Å². The molecule has 2 aliphatic heterocycles. The quantitative estimate of drug-likeness (QED) is 0.525. The number of hydrogen-bond acceptors (Lipinski definition) is 8. The molecular weight excluding hydrogens is 499 g/mol. The number of piperazine rings is 1. The number of benzene rings is 1. The molecule has 0 spiro atoms. The van der Waals surface area contributed by atoms with Crippen LogP contribution in [-0.2, 0) is 14.3 Å². The van der Waals surface area contributed by atoms with Crippen molar-refractivity contribution in [2.45, 2.75) is 13.0 Å². The van der Waals surface area contributed by atoms with E-state index in [9.17, 15) is 19.2 Å². The van der Waals surface area contributed by atoms with Crippen molar-refractivity contribution in [3.63, 3.8) is 0 Å². The van der Waals surface area contributed by atoms with E-state index >= 15 is 4.39 Å². The van der Waals surface area contributed by atoms with E-state index in [1.54, 1.807) is 42.3 Å². The number of anilines is 2. The van der Waals surface area contributed by atoms with E-state index in [1.807, 2.05) is 4.90 Å². The highest BCUT2D eigenvalue weighted by atomic mass is 19.1. The van der Waals surface area contributed by atoms with Crippen LogP contribution in [0.15, 0.2) is 42.7 Å². The number of halogens is 1. The van der Waals surface area contributed by atoms with Crippen molar-refractivity contribution in [2.75, 3.05) is 62.2 Å². The molecule has 2 aromatic rings. The molecule has 2 N–H and O–H groups in total. The Kier molecular flexibility index (Phi) is 8.56. The summed E-state index contributed by atoms with van der Waals surface area (Å²) in [5, 5.41) is 5.11. The summed E-state index contributed by atoms with van der Waals surface area (Å²) in [6.45, 7) is 3.57. The van der Waals surface area contributed by atoms with Crippen LogP contribution in [-0.4, -0.2) is 92.4 Å². The Balaban J connectivity index is 1.27. The number of carbonyl (C=O) groups excluding carboxylic acids is 4. The van der Waals surface area contributed by atoms with Crippen LogP contribution in [0.1, 0.15) is 17.3 Å². The number of cyclic esters (lactones) is 1. The summed E-state index contributed by atoms with van der Waals surface area (Å²) in [5.74, 6) is -1.11. The van der Waals surface area contributed by atoms with Crippen LogP contribution >= 0.6 is 0 Å². The first-order valence-electron chi connectivity index (χ1n) is 12.2. The van der Waals surface area contributed by atoms with Crippen LogP contribution in [0.2, 0.25) is 0 Å². The summed E-state index contributed by atoms with van der Waals surface area (Å²) < 4.78 is 25.1. The molecule has 2 aliphatic rings. The van der Waals surface area contributed by atoms with Crippen molar-refractivity contribution in [3.8, 4) is 0 Å². The van der Waals surface area contributed by atoms with E-state index in [0.717, 1.165) is 0 Å². The van der Waals surface area contributed by atoms with E-state index in [1.165, 1.54) is 17.2 Å². The zero-order valence-corrected chi connectivity index (χ0v) is 20.9. The van der Waals surface area contributed by atoms with Gasteiger partial charge in [-0.1, -0.05) is 0 Å². The second kappa shape index (κ2) is 12.2. The smallest absolute Gasteiger partial charge is 0.414 e. The molecule has 2 saturated heterocycles. The standard InChI is InChI=1S/C25H29FN6O6/c1-2-37-24(35)29-14-19-16-32(25(36)38-19)18-5-6-21(20(26)12-18)30-8-10-31(11-9-30)22(33)15-28-23(34)17-4-3-7-27-13-17/h3-7,12-13,19H,2,8-11,14-16H2,1H3,(H,28,34)(H,29,35). The maximum Gasteiger partial charge on any atom is 0.414 e. The van der Waals surface area contributed by atoms with Crippen LogP contribution in [0.5, 0.6) is 0 Å². The van der Waals surface area contributed by atoms with Crippen LogP contribution in [0.4, 0.5) is 25.4 Å². The van der Waals surface area contributed by atoms with Crippen LogP contribution in [0.3, 0.4) is 0 Å². The first-order chi connectivity index (χ1) is 18.4. The van der Waals surface area contributed by atoms with Gasteiger partial charge in [0.2, 0.25) is 5.91 Å². The molecule has 1 unspecified atom stereocenters. The summed E-state index contributed by atoms with van der Waals surface area (Å²) in [6.07, 6.45) is 1.16. The predicted octanol–water partition coefficient (Wildman–Crippen LogP) is 1.37. The van der Waals surface area contributed by atoms with Gasteiger partial charge in [0.05, 0.1) is 43.2 Å². The van der Waals surface area contributed by atoms with Gasteiger partial charge in [0.15, 0.2) is 0 Å². The van der Waals surface area contributed by atoms with Crippen LogP contribution in [0, 0.1) is 5.82 Å². The number of alkyl carbamates (subject to hydrolysis) is 1. The Labute approximate surface area is 218 Å². The molecule has 0 radical (unpaired) electrons. The number of amides is 4. The second-order valence-electron chi connectivity index (χ2n) is 8.65. The maximum absolute atomic E-state index is 15.1. The largest absolute Gasteiger partial charge is 0.450 e. The average molecular weight is 529 g/mol. The van der Waals surface area contributed by atoms with Gasteiger partial charge in [-0.15, -0.1) is 0 Å². The number of nitrogens with zero attached hydrogens (tertiary/aromatic N) is 4. The maximum atomic E-state index is 15.1. The topological polar surface area (TPSA) is 133 Å². The van der Waals surface area contributed by atoms with Gasteiger partial charge in [0, 0.05) is 38.6 Å². The second-order valence-corrected chi connectivity index (χ2v) is 8.65. The van der Waals surface area contributed by atoms with Gasteiger partial charge in [0.25, 0.3) is 5.91 Å². The van der Waals surface area contributed by atoms with Gasteiger partial charge in [-0.25, -0.2) is 14.0 Å². The Bertz CT molecular complexity index is 1170. The van der Waals surface area contributed by atoms with E-state index in [2.05, 4.69) is 15.6 Å². The first-order valence-corrected chi connectivity index (χ1v) is 12.2. The molecule has 4 amide bonds. The number of aromatic nitrogens is 1. The summed E-state index contributed by atoms with van der Waals surface area (Å²) in [7, 11) is 0. The molecule has 1 atom stereocenters. The summed E-state index contributed by atoms with van der Waals surface area (Å²) in [5.41, 5.74) is 1.07. The lowest BCUT2D eigenvalue weighted by molar-refractivity contribution is -0.130. The highest BCUT2D eigenvalue weighted by molar-refractivity contribution is 5.96. The molecule has 4 rings (SSSR count). The zero-order chi connectivity index (χ0) is 27.1. The molecule has 0 saturated carbocycles. The van der Waals surface area contributed by atoms with Gasteiger partial charge in [-0.2, -0.15) is 0 Å². The lowest BCUT2D eigenvalue weighted by atomic mass is 10.2. The Hall–Kier alpha value is -4.42. The van der Waals surface area contributed by atoms with Crippen molar-refractivity contribution in [1.29, 1.82) is 0 Å². The van der Waals surface area contributed by atoms with Crippen molar-refractivity contribution in [2.24, 2.45) is 0 Å². The number of carbonyl (C=O) groups is 4. The molecule has 1 aromatic carbocycles. The minimum Gasteiger partial charge on any atom is -0.450 e. The number of hydrogen-bond donors (Lipinski definition) is 2. The third kappa shape index (κ3) is 6.47. The average Bonchev–Trinajstić information content (AvgIpc) is 3.31. The first kappa shape index (κ1) is 26.6. The van der Waals surface area contributed by atoms with Crippen LogP contribution < -0.4 is 20.4 Å². The zero-order valence-electron chi connectivity index (χ0n) is 20.9.